The highest BCUT2D eigenvalue weighted by Gasteiger charge is 2.32. The minimum Gasteiger partial charge on any atom is -0.452 e. The van der Waals surface area contributed by atoms with Gasteiger partial charge < -0.3 is 15.4 Å². The number of amides is 4. The van der Waals surface area contributed by atoms with Crippen molar-refractivity contribution in [2.75, 3.05) is 13.1 Å². The highest BCUT2D eigenvalue weighted by Crippen LogP contribution is 2.19. The fourth-order valence-corrected chi connectivity index (χ4v) is 3.13. The Balaban J connectivity index is 1.66. The molecule has 1 aliphatic heterocycles. The third-order valence-corrected chi connectivity index (χ3v) is 4.69. The normalized spacial score (nSPS) is 15.1. The number of imide groups is 1. The Morgan fingerprint density at radius 2 is 1.70 bits per heavy atom. The zero-order chi connectivity index (χ0) is 21.5. The Hall–Kier alpha value is -3.68. The molecule has 2 atom stereocenters. The van der Waals surface area contributed by atoms with E-state index in [4.69, 9.17) is 4.74 Å². The number of hydrogen-bond acceptors (Lipinski definition) is 5. The largest absolute Gasteiger partial charge is 0.452 e. The van der Waals surface area contributed by atoms with Crippen molar-refractivity contribution in [2.45, 2.75) is 25.5 Å². The van der Waals surface area contributed by atoms with Gasteiger partial charge in [-0.05, 0) is 24.6 Å². The Morgan fingerprint density at radius 3 is 2.30 bits per heavy atom. The first-order valence-electron chi connectivity index (χ1n) is 9.65. The number of carbonyl (C=O) groups is 4. The summed E-state index contributed by atoms with van der Waals surface area (Å²) in [5.41, 5.74) is 1.20. The minimum atomic E-state index is -1.11. The maximum atomic E-state index is 12.6. The molecule has 2 aromatic rings. The summed E-state index contributed by atoms with van der Waals surface area (Å²) in [5, 5.41) is 5.37. The van der Waals surface area contributed by atoms with Crippen LogP contribution in [0.3, 0.4) is 0 Å². The highest BCUT2D eigenvalue weighted by molar-refractivity contribution is 5.98. The van der Waals surface area contributed by atoms with Crippen molar-refractivity contribution in [3.63, 3.8) is 0 Å². The van der Waals surface area contributed by atoms with Crippen molar-refractivity contribution in [2.24, 2.45) is 0 Å². The van der Waals surface area contributed by atoms with Gasteiger partial charge in [-0.3, -0.25) is 19.3 Å². The first-order valence-corrected chi connectivity index (χ1v) is 9.65. The summed E-state index contributed by atoms with van der Waals surface area (Å²) < 4.78 is 5.25. The molecule has 30 heavy (non-hydrogen) atoms. The van der Waals surface area contributed by atoms with E-state index in [1.54, 1.807) is 48.5 Å². The van der Waals surface area contributed by atoms with Crippen LogP contribution in [0.1, 0.15) is 35.3 Å². The Labute approximate surface area is 174 Å². The van der Waals surface area contributed by atoms with E-state index < -0.39 is 30.1 Å². The number of esters is 1. The molecule has 4 amide bonds. The number of nitrogens with zero attached hydrogens (tertiary/aromatic N) is 1. The number of benzene rings is 2. The van der Waals surface area contributed by atoms with Gasteiger partial charge >= 0.3 is 12.0 Å². The lowest BCUT2D eigenvalue weighted by Gasteiger charge is -2.21. The molecule has 0 aliphatic carbocycles. The lowest BCUT2D eigenvalue weighted by molar-refractivity contribution is -0.157. The van der Waals surface area contributed by atoms with Crippen LogP contribution >= 0.6 is 0 Å². The quantitative estimate of drug-likeness (QED) is 0.681. The fraction of sp³-hybridized carbons (Fsp3) is 0.273. The molecule has 0 spiro atoms. The Bertz CT molecular complexity index is 917. The zero-order valence-electron chi connectivity index (χ0n) is 16.5. The minimum absolute atomic E-state index is 0.160. The molecule has 0 saturated carbocycles. The monoisotopic (exact) mass is 409 g/mol. The summed E-state index contributed by atoms with van der Waals surface area (Å²) in [7, 11) is 0. The molecule has 2 N–H and O–H groups in total. The lowest BCUT2D eigenvalue weighted by atomic mass is 10.0. The SMILES string of the molecule is C[C@H](OC(=O)C[C@@H](NC(=O)c1ccccc1)c1ccccc1)C(=O)N1CCNC1=O. The summed E-state index contributed by atoms with van der Waals surface area (Å²) in [5.74, 6) is -1.56. The lowest BCUT2D eigenvalue weighted by Crippen LogP contribution is -2.42. The van der Waals surface area contributed by atoms with Gasteiger partial charge in [0.25, 0.3) is 11.8 Å². The molecule has 1 heterocycles. The van der Waals surface area contributed by atoms with Crippen LogP contribution in [0.4, 0.5) is 4.79 Å². The second-order valence-electron chi connectivity index (χ2n) is 6.86. The number of carbonyl (C=O) groups excluding carboxylic acids is 4. The molecule has 8 heteroatoms. The fourth-order valence-electron chi connectivity index (χ4n) is 3.13. The van der Waals surface area contributed by atoms with Gasteiger partial charge in [-0.25, -0.2) is 4.79 Å². The van der Waals surface area contributed by atoms with Crippen molar-refractivity contribution < 1.29 is 23.9 Å². The first kappa shape index (κ1) is 21.0. The average molecular weight is 409 g/mol. The number of hydrogen-bond donors (Lipinski definition) is 2. The Kier molecular flexibility index (Phi) is 6.79. The predicted octanol–water partition coefficient (Wildman–Crippen LogP) is 2.03. The standard InChI is InChI=1S/C22H23N3O5/c1-15(21(28)25-13-12-23-22(25)29)30-19(26)14-18(16-8-4-2-5-9-16)24-20(27)17-10-6-3-7-11-17/h2-11,15,18H,12-14H2,1H3,(H,23,29)(H,24,27)/t15-,18+/m0/s1. The van der Waals surface area contributed by atoms with Crippen molar-refractivity contribution >= 4 is 23.8 Å². The second kappa shape index (κ2) is 9.69. The van der Waals surface area contributed by atoms with Crippen LogP contribution in [-0.4, -0.2) is 47.9 Å². The van der Waals surface area contributed by atoms with E-state index in [1.165, 1.54) is 6.92 Å². The third kappa shape index (κ3) is 5.22. The van der Waals surface area contributed by atoms with Gasteiger partial charge in [0.15, 0.2) is 6.10 Å². The van der Waals surface area contributed by atoms with Gasteiger partial charge in [0, 0.05) is 18.7 Å². The van der Waals surface area contributed by atoms with Gasteiger partial charge in [0.2, 0.25) is 0 Å². The van der Waals surface area contributed by atoms with Crippen molar-refractivity contribution in [3.05, 3.63) is 71.8 Å². The van der Waals surface area contributed by atoms with E-state index in [2.05, 4.69) is 10.6 Å². The summed E-state index contributed by atoms with van der Waals surface area (Å²) in [6.45, 7) is 2.03. The molecule has 2 aromatic carbocycles. The van der Waals surface area contributed by atoms with E-state index >= 15 is 0 Å². The molecule has 8 nitrogen and oxygen atoms in total. The van der Waals surface area contributed by atoms with E-state index in [-0.39, 0.29) is 18.9 Å². The van der Waals surface area contributed by atoms with E-state index in [0.717, 1.165) is 10.5 Å². The van der Waals surface area contributed by atoms with Crippen LogP contribution in [0, 0.1) is 0 Å². The van der Waals surface area contributed by atoms with Crippen LogP contribution in [-0.2, 0) is 14.3 Å². The molecule has 1 aliphatic rings. The molecule has 156 valence electrons. The molecular weight excluding hydrogens is 386 g/mol. The third-order valence-electron chi connectivity index (χ3n) is 4.69. The topological polar surface area (TPSA) is 105 Å². The molecule has 0 unspecified atom stereocenters. The van der Waals surface area contributed by atoms with Crippen LogP contribution in [0.15, 0.2) is 60.7 Å². The molecule has 0 bridgehead atoms. The van der Waals surface area contributed by atoms with Crippen LogP contribution in [0.25, 0.3) is 0 Å². The number of rotatable bonds is 7. The molecule has 1 fully saturated rings. The molecule has 3 rings (SSSR count). The maximum absolute atomic E-state index is 12.6. The van der Waals surface area contributed by atoms with Crippen molar-refractivity contribution in [1.29, 1.82) is 0 Å². The van der Waals surface area contributed by atoms with Gasteiger partial charge in [-0.15, -0.1) is 0 Å². The number of urea groups is 1. The molecule has 0 aromatic heterocycles. The second-order valence-corrected chi connectivity index (χ2v) is 6.86. The average Bonchev–Trinajstić information content (AvgIpc) is 3.19. The molecule has 1 saturated heterocycles. The Morgan fingerprint density at radius 1 is 1.07 bits per heavy atom. The number of ether oxygens (including phenoxy) is 1. The van der Waals surface area contributed by atoms with Crippen LogP contribution < -0.4 is 10.6 Å². The summed E-state index contributed by atoms with van der Waals surface area (Å²) >= 11 is 0. The van der Waals surface area contributed by atoms with E-state index in [1.807, 2.05) is 12.1 Å². The molecule has 0 radical (unpaired) electrons. The van der Waals surface area contributed by atoms with Gasteiger partial charge in [-0.2, -0.15) is 0 Å². The van der Waals surface area contributed by atoms with Gasteiger partial charge in [-0.1, -0.05) is 48.5 Å². The number of nitrogens with one attached hydrogen (secondary N) is 2. The maximum Gasteiger partial charge on any atom is 0.324 e. The van der Waals surface area contributed by atoms with Crippen molar-refractivity contribution in [1.82, 2.24) is 15.5 Å². The predicted molar refractivity (Wildman–Crippen MR) is 108 cm³/mol. The first-order chi connectivity index (χ1) is 14.5. The van der Waals surface area contributed by atoms with Crippen molar-refractivity contribution in [3.8, 4) is 0 Å². The smallest absolute Gasteiger partial charge is 0.324 e. The van der Waals surface area contributed by atoms with Gasteiger partial charge in [0.1, 0.15) is 0 Å². The summed E-state index contributed by atoms with van der Waals surface area (Å²) in [4.78, 5) is 50.1. The molecular formula is C22H23N3O5. The summed E-state index contributed by atoms with van der Waals surface area (Å²) in [6, 6.07) is 16.6. The van der Waals surface area contributed by atoms with Crippen LogP contribution in [0.5, 0.6) is 0 Å². The van der Waals surface area contributed by atoms with E-state index in [9.17, 15) is 19.2 Å². The van der Waals surface area contributed by atoms with Gasteiger partial charge in [0.05, 0.1) is 12.5 Å². The van der Waals surface area contributed by atoms with Crippen LogP contribution in [0.2, 0.25) is 0 Å². The van der Waals surface area contributed by atoms with E-state index in [0.29, 0.717) is 12.1 Å². The zero-order valence-corrected chi connectivity index (χ0v) is 16.5. The highest BCUT2D eigenvalue weighted by atomic mass is 16.5. The summed E-state index contributed by atoms with van der Waals surface area (Å²) in [6.07, 6.45) is -1.27.